The molecule has 0 aliphatic carbocycles. The zero-order valence-corrected chi connectivity index (χ0v) is 13.1. The molecule has 0 unspecified atom stereocenters. The normalized spacial score (nSPS) is 11.2. The molecule has 112 valence electrons. The zero-order chi connectivity index (χ0) is 15.6. The molecule has 0 bridgehead atoms. The molecular formula is C13H10Cl2FNO3S. The predicted molar refractivity (Wildman–Crippen MR) is 80.2 cm³/mol. The highest BCUT2D eigenvalue weighted by molar-refractivity contribution is 7.92. The van der Waals surface area contributed by atoms with Gasteiger partial charge in [0.2, 0.25) is 0 Å². The lowest BCUT2D eigenvalue weighted by atomic mass is 10.3. The Hall–Kier alpha value is -1.50. The van der Waals surface area contributed by atoms with Crippen LogP contribution >= 0.6 is 23.2 Å². The molecule has 0 saturated heterocycles. The Balaban J connectivity index is 2.38. The van der Waals surface area contributed by atoms with E-state index in [-0.39, 0.29) is 21.4 Å². The summed E-state index contributed by atoms with van der Waals surface area (Å²) in [6.45, 7) is 0. The van der Waals surface area contributed by atoms with Crippen molar-refractivity contribution in [2.24, 2.45) is 0 Å². The van der Waals surface area contributed by atoms with Crippen LogP contribution in [0.15, 0.2) is 41.3 Å². The Morgan fingerprint density at radius 1 is 1.14 bits per heavy atom. The van der Waals surface area contributed by atoms with Crippen LogP contribution in [0.4, 0.5) is 10.1 Å². The third kappa shape index (κ3) is 3.58. The van der Waals surface area contributed by atoms with Gasteiger partial charge in [-0.2, -0.15) is 0 Å². The third-order valence-corrected chi connectivity index (χ3v) is 4.52. The maximum atomic E-state index is 13.3. The van der Waals surface area contributed by atoms with Gasteiger partial charge < -0.3 is 4.74 Å². The van der Waals surface area contributed by atoms with Crippen LogP contribution in [-0.4, -0.2) is 15.5 Å². The van der Waals surface area contributed by atoms with E-state index in [1.807, 2.05) is 0 Å². The summed E-state index contributed by atoms with van der Waals surface area (Å²) in [7, 11) is -2.67. The Morgan fingerprint density at radius 2 is 1.86 bits per heavy atom. The average Bonchev–Trinajstić information content (AvgIpc) is 2.42. The lowest BCUT2D eigenvalue weighted by Gasteiger charge is -2.11. The first-order valence-corrected chi connectivity index (χ1v) is 7.89. The number of halogens is 3. The number of sulfonamides is 1. The highest BCUT2D eigenvalue weighted by Gasteiger charge is 2.18. The summed E-state index contributed by atoms with van der Waals surface area (Å²) in [4.78, 5) is -0.147. The first-order chi connectivity index (χ1) is 9.83. The standard InChI is InChI=1S/C13H10Cl2FNO3S/c1-20-13-7-9(3-4-11(13)16)21(18,19)17-12-5-2-8(14)6-10(12)15/h2-7,17H,1H3. The summed E-state index contributed by atoms with van der Waals surface area (Å²) >= 11 is 11.7. The van der Waals surface area contributed by atoms with Crippen molar-refractivity contribution in [1.29, 1.82) is 0 Å². The molecule has 0 amide bonds. The SMILES string of the molecule is COc1cc(S(=O)(=O)Nc2ccc(Cl)cc2Cl)ccc1F. The van der Waals surface area contributed by atoms with Gasteiger partial charge in [0.15, 0.2) is 11.6 Å². The van der Waals surface area contributed by atoms with Crippen molar-refractivity contribution in [3.05, 3.63) is 52.3 Å². The molecule has 0 spiro atoms. The number of hydrogen-bond donors (Lipinski definition) is 1. The van der Waals surface area contributed by atoms with Crippen molar-refractivity contribution in [3.63, 3.8) is 0 Å². The van der Waals surface area contributed by atoms with Crippen LogP contribution in [0.2, 0.25) is 10.0 Å². The number of ether oxygens (including phenoxy) is 1. The molecule has 0 radical (unpaired) electrons. The highest BCUT2D eigenvalue weighted by Crippen LogP contribution is 2.28. The molecule has 21 heavy (non-hydrogen) atoms. The topological polar surface area (TPSA) is 55.4 Å². The van der Waals surface area contributed by atoms with Crippen molar-refractivity contribution in [1.82, 2.24) is 0 Å². The number of nitrogens with one attached hydrogen (secondary N) is 1. The van der Waals surface area contributed by atoms with Crippen LogP contribution in [0.3, 0.4) is 0 Å². The number of anilines is 1. The van der Waals surface area contributed by atoms with Crippen molar-refractivity contribution in [2.45, 2.75) is 4.90 Å². The van der Waals surface area contributed by atoms with Crippen LogP contribution in [0.25, 0.3) is 0 Å². The Labute approximate surface area is 131 Å². The minimum atomic E-state index is -3.92. The highest BCUT2D eigenvalue weighted by atomic mass is 35.5. The molecule has 2 aromatic rings. The second-order valence-corrected chi connectivity index (χ2v) is 6.55. The van der Waals surface area contributed by atoms with Crippen LogP contribution in [0.1, 0.15) is 0 Å². The van der Waals surface area contributed by atoms with E-state index in [1.54, 1.807) is 0 Å². The predicted octanol–water partition coefficient (Wildman–Crippen LogP) is 3.94. The number of benzene rings is 2. The van der Waals surface area contributed by atoms with Gasteiger partial charge in [-0.1, -0.05) is 23.2 Å². The maximum Gasteiger partial charge on any atom is 0.262 e. The van der Waals surface area contributed by atoms with Gasteiger partial charge in [-0.15, -0.1) is 0 Å². The van der Waals surface area contributed by atoms with Crippen LogP contribution in [0.5, 0.6) is 5.75 Å². The van der Waals surface area contributed by atoms with E-state index in [0.29, 0.717) is 5.02 Å². The molecule has 2 rings (SSSR count). The minimum absolute atomic E-state index is 0.147. The fraction of sp³-hybridized carbons (Fsp3) is 0.0769. The zero-order valence-electron chi connectivity index (χ0n) is 10.7. The molecule has 2 aromatic carbocycles. The van der Waals surface area contributed by atoms with Gasteiger partial charge in [0, 0.05) is 11.1 Å². The van der Waals surface area contributed by atoms with Crippen LogP contribution in [0, 0.1) is 5.82 Å². The molecule has 1 N–H and O–H groups in total. The molecule has 0 aromatic heterocycles. The number of methoxy groups -OCH3 is 1. The molecule has 0 aliphatic heterocycles. The van der Waals surface area contributed by atoms with E-state index in [4.69, 9.17) is 27.9 Å². The van der Waals surface area contributed by atoms with Crippen LogP contribution < -0.4 is 9.46 Å². The van der Waals surface area contributed by atoms with E-state index >= 15 is 0 Å². The summed E-state index contributed by atoms with van der Waals surface area (Å²) in [5.74, 6) is -0.818. The number of rotatable bonds is 4. The van der Waals surface area contributed by atoms with E-state index in [2.05, 4.69) is 4.72 Å². The lowest BCUT2D eigenvalue weighted by molar-refractivity contribution is 0.385. The van der Waals surface area contributed by atoms with Gasteiger partial charge in [-0.05, 0) is 30.3 Å². The Kier molecular flexibility index (Phi) is 4.61. The van der Waals surface area contributed by atoms with Gasteiger partial charge in [0.25, 0.3) is 10.0 Å². The summed E-state index contributed by atoms with van der Waals surface area (Å²) < 4.78 is 44.9. The molecule has 4 nitrogen and oxygen atoms in total. The quantitative estimate of drug-likeness (QED) is 0.909. The van der Waals surface area contributed by atoms with Gasteiger partial charge in [0.1, 0.15) is 0 Å². The summed E-state index contributed by atoms with van der Waals surface area (Å²) in [5, 5.41) is 0.534. The molecule has 0 aliphatic rings. The fourth-order valence-electron chi connectivity index (χ4n) is 1.58. The number of hydrogen-bond acceptors (Lipinski definition) is 3. The molecular weight excluding hydrogens is 340 g/mol. The lowest BCUT2D eigenvalue weighted by Crippen LogP contribution is -2.13. The van der Waals surface area contributed by atoms with Crippen molar-refractivity contribution >= 4 is 38.9 Å². The fourth-order valence-corrected chi connectivity index (χ4v) is 3.19. The smallest absolute Gasteiger partial charge is 0.262 e. The summed E-state index contributed by atoms with van der Waals surface area (Å²) in [6.07, 6.45) is 0. The minimum Gasteiger partial charge on any atom is -0.494 e. The molecule has 8 heteroatoms. The van der Waals surface area contributed by atoms with E-state index in [1.165, 1.54) is 25.3 Å². The second kappa shape index (κ2) is 6.09. The van der Waals surface area contributed by atoms with Crippen molar-refractivity contribution < 1.29 is 17.5 Å². The van der Waals surface area contributed by atoms with Crippen LogP contribution in [-0.2, 0) is 10.0 Å². The molecule has 0 atom stereocenters. The van der Waals surface area contributed by atoms with Gasteiger partial charge in [-0.3, -0.25) is 4.72 Å². The van der Waals surface area contributed by atoms with Gasteiger partial charge in [0.05, 0.1) is 22.7 Å². The first kappa shape index (κ1) is 15.9. The van der Waals surface area contributed by atoms with Gasteiger partial charge in [-0.25, -0.2) is 12.8 Å². The first-order valence-electron chi connectivity index (χ1n) is 5.65. The van der Waals surface area contributed by atoms with Crippen molar-refractivity contribution in [3.8, 4) is 5.75 Å². The summed E-state index contributed by atoms with van der Waals surface area (Å²) in [6, 6.07) is 7.56. The van der Waals surface area contributed by atoms with E-state index < -0.39 is 15.8 Å². The van der Waals surface area contributed by atoms with Gasteiger partial charge >= 0.3 is 0 Å². The Morgan fingerprint density at radius 3 is 2.48 bits per heavy atom. The van der Waals surface area contributed by atoms with E-state index in [9.17, 15) is 12.8 Å². The molecule has 0 saturated carbocycles. The Bertz CT molecular complexity index is 781. The monoisotopic (exact) mass is 349 g/mol. The molecule has 0 fully saturated rings. The summed E-state index contributed by atoms with van der Waals surface area (Å²) in [5.41, 5.74) is 0.171. The largest absolute Gasteiger partial charge is 0.494 e. The van der Waals surface area contributed by atoms with E-state index in [0.717, 1.165) is 18.2 Å². The third-order valence-electron chi connectivity index (χ3n) is 2.61. The second-order valence-electron chi connectivity index (χ2n) is 4.03. The molecule has 0 heterocycles. The van der Waals surface area contributed by atoms with Crippen molar-refractivity contribution in [2.75, 3.05) is 11.8 Å². The maximum absolute atomic E-state index is 13.3. The average molecular weight is 350 g/mol.